The molecule has 1 saturated heterocycles. The van der Waals surface area contributed by atoms with Gasteiger partial charge in [-0.3, -0.25) is 14.6 Å². The summed E-state index contributed by atoms with van der Waals surface area (Å²) in [6.07, 6.45) is 5.81. The minimum Gasteiger partial charge on any atom is -0.340 e. The first-order valence-corrected chi connectivity index (χ1v) is 9.56. The molecule has 2 amide bonds. The van der Waals surface area contributed by atoms with Crippen LogP contribution in [0.2, 0.25) is 0 Å². The van der Waals surface area contributed by atoms with Crippen molar-refractivity contribution >= 4 is 11.8 Å². The molecule has 26 heavy (non-hydrogen) atoms. The van der Waals surface area contributed by atoms with Gasteiger partial charge in [0.1, 0.15) is 5.69 Å². The van der Waals surface area contributed by atoms with Crippen LogP contribution < -0.4 is 0 Å². The maximum Gasteiger partial charge on any atom is 0.274 e. The number of hydrogen-bond donors (Lipinski definition) is 0. The summed E-state index contributed by atoms with van der Waals surface area (Å²) in [4.78, 5) is 39.3. The molecule has 0 atom stereocenters. The Morgan fingerprint density at radius 1 is 1.15 bits per heavy atom. The third-order valence-corrected chi connectivity index (χ3v) is 4.81. The molecule has 0 spiro atoms. The summed E-state index contributed by atoms with van der Waals surface area (Å²) in [5, 5.41) is 0. The van der Waals surface area contributed by atoms with Gasteiger partial charge >= 0.3 is 0 Å². The molecule has 1 aromatic rings. The smallest absolute Gasteiger partial charge is 0.274 e. The zero-order valence-electron chi connectivity index (χ0n) is 16.2. The third-order valence-electron chi connectivity index (χ3n) is 4.81. The van der Waals surface area contributed by atoms with E-state index in [-0.39, 0.29) is 11.8 Å². The van der Waals surface area contributed by atoms with Crippen LogP contribution in [0.4, 0.5) is 0 Å². The fourth-order valence-corrected chi connectivity index (χ4v) is 3.00. The summed E-state index contributed by atoms with van der Waals surface area (Å²) in [6.45, 7) is 11.9. The van der Waals surface area contributed by atoms with Crippen LogP contribution in [0.1, 0.15) is 44.1 Å². The third kappa shape index (κ3) is 6.05. The molecular formula is C19H31N5O2. The predicted molar refractivity (Wildman–Crippen MR) is 101 cm³/mol. The van der Waals surface area contributed by atoms with Gasteiger partial charge in [-0.2, -0.15) is 0 Å². The van der Waals surface area contributed by atoms with Crippen LogP contribution in [-0.2, 0) is 4.79 Å². The molecule has 0 unspecified atom stereocenters. The van der Waals surface area contributed by atoms with Crippen molar-refractivity contribution in [3.8, 4) is 0 Å². The molecule has 0 N–H and O–H groups in total. The van der Waals surface area contributed by atoms with Crippen molar-refractivity contribution in [3.05, 3.63) is 24.3 Å². The summed E-state index contributed by atoms with van der Waals surface area (Å²) < 4.78 is 0. The summed E-state index contributed by atoms with van der Waals surface area (Å²) >= 11 is 0. The Kier molecular flexibility index (Phi) is 7.97. The van der Waals surface area contributed by atoms with Gasteiger partial charge in [0.25, 0.3) is 5.91 Å². The van der Waals surface area contributed by atoms with Crippen molar-refractivity contribution in [2.24, 2.45) is 5.92 Å². The summed E-state index contributed by atoms with van der Waals surface area (Å²) in [5.74, 6) is 0.467. The Balaban J connectivity index is 1.91. The second-order valence-corrected chi connectivity index (χ2v) is 7.13. The Hall–Kier alpha value is -2.02. The zero-order chi connectivity index (χ0) is 18.9. The number of carbonyl (C=O) groups excluding carboxylic acids is 2. The monoisotopic (exact) mass is 361 g/mol. The van der Waals surface area contributed by atoms with E-state index in [1.165, 1.54) is 12.4 Å². The lowest BCUT2D eigenvalue weighted by Gasteiger charge is -2.34. The lowest BCUT2D eigenvalue weighted by molar-refractivity contribution is -0.133. The van der Waals surface area contributed by atoms with Crippen LogP contribution in [0, 0.1) is 5.92 Å². The van der Waals surface area contributed by atoms with Gasteiger partial charge < -0.3 is 14.7 Å². The number of amides is 2. The van der Waals surface area contributed by atoms with E-state index in [4.69, 9.17) is 0 Å². The highest BCUT2D eigenvalue weighted by atomic mass is 16.2. The highest BCUT2D eigenvalue weighted by molar-refractivity contribution is 5.92. The molecule has 0 saturated carbocycles. The Bertz CT molecular complexity index is 571. The molecule has 1 aromatic heterocycles. The average Bonchev–Trinajstić information content (AvgIpc) is 2.68. The number of carbonyl (C=O) groups is 2. The number of piperazine rings is 1. The van der Waals surface area contributed by atoms with Crippen LogP contribution >= 0.6 is 0 Å². The molecule has 0 radical (unpaired) electrons. The van der Waals surface area contributed by atoms with E-state index in [2.05, 4.69) is 35.6 Å². The second-order valence-electron chi connectivity index (χ2n) is 7.13. The molecule has 7 nitrogen and oxygen atoms in total. The number of likely N-dealkylation sites (N-methyl/N-ethyl adjacent to an activating group) is 1. The minimum absolute atomic E-state index is 0.127. The van der Waals surface area contributed by atoms with E-state index in [9.17, 15) is 9.59 Å². The highest BCUT2D eigenvalue weighted by Gasteiger charge is 2.23. The van der Waals surface area contributed by atoms with Gasteiger partial charge in [-0.15, -0.1) is 0 Å². The van der Waals surface area contributed by atoms with E-state index in [1.807, 2.05) is 4.90 Å². The molecule has 1 fully saturated rings. The largest absolute Gasteiger partial charge is 0.340 e. The van der Waals surface area contributed by atoms with E-state index in [0.717, 1.165) is 39.1 Å². The zero-order valence-corrected chi connectivity index (χ0v) is 16.2. The number of aromatic nitrogens is 2. The van der Waals surface area contributed by atoms with Gasteiger partial charge in [0, 0.05) is 58.1 Å². The standard InChI is InChI=1S/C19H31N5O2/c1-4-22-11-13-23(14-12-22)18(25)6-10-24(9-5-16(2)3)19(26)17-15-20-7-8-21-17/h7-8,15-16H,4-6,9-14H2,1-3H3. The van der Waals surface area contributed by atoms with Crippen molar-refractivity contribution in [2.75, 3.05) is 45.8 Å². The summed E-state index contributed by atoms with van der Waals surface area (Å²) in [6, 6.07) is 0. The van der Waals surface area contributed by atoms with E-state index >= 15 is 0 Å². The molecule has 1 aliphatic heterocycles. The molecule has 1 aliphatic rings. The maximum atomic E-state index is 12.7. The Morgan fingerprint density at radius 2 is 1.88 bits per heavy atom. The molecule has 0 bridgehead atoms. The van der Waals surface area contributed by atoms with Crippen LogP contribution in [-0.4, -0.2) is 82.3 Å². The fourth-order valence-electron chi connectivity index (χ4n) is 3.00. The number of nitrogens with zero attached hydrogens (tertiary/aromatic N) is 5. The van der Waals surface area contributed by atoms with Crippen molar-refractivity contribution in [1.29, 1.82) is 0 Å². The van der Waals surface area contributed by atoms with Crippen LogP contribution in [0.5, 0.6) is 0 Å². The first-order valence-electron chi connectivity index (χ1n) is 9.56. The first-order chi connectivity index (χ1) is 12.5. The second kappa shape index (κ2) is 10.2. The predicted octanol–water partition coefficient (Wildman–Crippen LogP) is 1.52. The molecule has 144 valence electrons. The molecule has 0 aromatic carbocycles. The van der Waals surface area contributed by atoms with Crippen molar-refractivity contribution < 1.29 is 9.59 Å². The minimum atomic E-state index is -0.151. The lowest BCUT2D eigenvalue weighted by atomic mass is 10.1. The van der Waals surface area contributed by atoms with E-state index in [0.29, 0.717) is 31.1 Å². The van der Waals surface area contributed by atoms with Gasteiger partial charge in [0.2, 0.25) is 5.91 Å². The summed E-state index contributed by atoms with van der Waals surface area (Å²) in [5.41, 5.74) is 0.334. The molecular weight excluding hydrogens is 330 g/mol. The van der Waals surface area contributed by atoms with Gasteiger partial charge in [-0.25, -0.2) is 4.98 Å². The van der Waals surface area contributed by atoms with Crippen LogP contribution in [0.25, 0.3) is 0 Å². The average molecular weight is 361 g/mol. The quantitative estimate of drug-likeness (QED) is 0.702. The topological polar surface area (TPSA) is 69.6 Å². The van der Waals surface area contributed by atoms with Gasteiger partial charge in [0.05, 0.1) is 6.20 Å². The van der Waals surface area contributed by atoms with Crippen molar-refractivity contribution in [3.63, 3.8) is 0 Å². The highest BCUT2D eigenvalue weighted by Crippen LogP contribution is 2.09. The lowest BCUT2D eigenvalue weighted by Crippen LogP contribution is -2.49. The SMILES string of the molecule is CCN1CCN(C(=O)CCN(CCC(C)C)C(=O)c2cnccn2)CC1. The Labute approximate surface area is 156 Å². The molecule has 7 heteroatoms. The molecule has 0 aliphatic carbocycles. The van der Waals surface area contributed by atoms with Gasteiger partial charge in [-0.05, 0) is 18.9 Å². The van der Waals surface area contributed by atoms with E-state index in [1.54, 1.807) is 11.1 Å². The van der Waals surface area contributed by atoms with Crippen LogP contribution in [0.3, 0.4) is 0 Å². The summed E-state index contributed by atoms with van der Waals surface area (Å²) in [7, 11) is 0. The first kappa shape index (κ1) is 20.3. The van der Waals surface area contributed by atoms with Gasteiger partial charge in [0.15, 0.2) is 0 Å². The number of rotatable bonds is 8. The fraction of sp³-hybridized carbons (Fsp3) is 0.684. The molecule has 2 rings (SSSR count). The Morgan fingerprint density at radius 3 is 2.46 bits per heavy atom. The normalized spacial score (nSPS) is 15.3. The van der Waals surface area contributed by atoms with Crippen molar-refractivity contribution in [1.82, 2.24) is 24.7 Å². The van der Waals surface area contributed by atoms with Gasteiger partial charge in [-0.1, -0.05) is 20.8 Å². The maximum absolute atomic E-state index is 12.7. The van der Waals surface area contributed by atoms with Crippen LogP contribution in [0.15, 0.2) is 18.6 Å². The van der Waals surface area contributed by atoms with Crippen molar-refractivity contribution in [2.45, 2.75) is 33.6 Å². The molecule has 2 heterocycles. The van der Waals surface area contributed by atoms with E-state index < -0.39 is 0 Å². The number of hydrogen-bond acceptors (Lipinski definition) is 5.